The zero-order valence-corrected chi connectivity index (χ0v) is 14.0. The van der Waals surface area contributed by atoms with E-state index in [0.29, 0.717) is 17.1 Å². The van der Waals surface area contributed by atoms with Gasteiger partial charge in [0.15, 0.2) is 12.2 Å². The predicted octanol–water partition coefficient (Wildman–Crippen LogP) is 3.51. The molecule has 1 aliphatic carbocycles. The number of methoxy groups -OCH3 is 1. The number of aromatic nitrogens is 1. The minimum absolute atomic E-state index is 0.0362. The van der Waals surface area contributed by atoms with Crippen LogP contribution in [-0.2, 0) is 0 Å². The van der Waals surface area contributed by atoms with Gasteiger partial charge in [-0.2, -0.15) is 0 Å². The van der Waals surface area contributed by atoms with Crippen molar-refractivity contribution in [2.24, 2.45) is 0 Å². The summed E-state index contributed by atoms with van der Waals surface area (Å²) >= 11 is 0. The molecular formula is C18H21N3O3. The van der Waals surface area contributed by atoms with Gasteiger partial charge in [-0.15, -0.1) is 0 Å². The van der Waals surface area contributed by atoms with Crippen LogP contribution in [0.3, 0.4) is 0 Å². The van der Waals surface area contributed by atoms with E-state index in [0.717, 1.165) is 36.9 Å². The van der Waals surface area contributed by atoms with Gasteiger partial charge in [0.25, 0.3) is 5.91 Å². The number of carbonyl (C=O) groups excluding carboxylic acids is 1. The van der Waals surface area contributed by atoms with E-state index in [-0.39, 0.29) is 11.6 Å². The first-order chi connectivity index (χ1) is 11.6. The van der Waals surface area contributed by atoms with Crippen molar-refractivity contribution < 1.29 is 13.9 Å². The summed E-state index contributed by atoms with van der Waals surface area (Å²) in [5.74, 6) is 1.29. The summed E-state index contributed by atoms with van der Waals surface area (Å²) in [4.78, 5) is 18.8. The minimum Gasteiger partial charge on any atom is -0.496 e. The molecule has 0 atom stereocenters. The van der Waals surface area contributed by atoms with Crippen LogP contribution < -0.4 is 10.1 Å². The van der Waals surface area contributed by atoms with Gasteiger partial charge in [0.2, 0.25) is 0 Å². The standard InChI is InChI=1S/C18H21N3O3/c1-21-17(22)12-8-13(16-10-19-11-24-16)15(23-2)9-14(12)20-18(21)6-4-3-5-7-18/h8-11,20H,3-7H2,1-2H3. The van der Waals surface area contributed by atoms with Crippen LogP contribution in [0.25, 0.3) is 11.3 Å². The highest BCUT2D eigenvalue weighted by Gasteiger charge is 2.43. The Morgan fingerprint density at radius 2 is 2.04 bits per heavy atom. The molecule has 24 heavy (non-hydrogen) atoms. The van der Waals surface area contributed by atoms with Gasteiger partial charge < -0.3 is 19.4 Å². The highest BCUT2D eigenvalue weighted by Crippen LogP contribution is 2.43. The number of hydrogen-bond acceptors (Lipinski definition) is 5. The maximum atomic E-state index is 13.0. The van der Waals surface area contributed by atoms with Crippen molar-refractivity contribution in [3.05, 3.63) is 30.3 Å². The Balaban J connectivity index is 1.82. The minimum atomic E-state index is -0.277. The lowest BCUT2D eigenvalue weighted by Crippen LogP contribution is -2.59. The lowest BCUT2D eigenvalue weighted by molar-refractivity contribution is 0.0498. The van der Waals surface area contributed by atoms with E-state index < -0.39 is 0 Å². The summed E-state index contributed by atoms with van der Waals surface area (Å²) in [5, 5.41) is 3.62. The maximum absolute atomic E-state index is 13.0. The number of rotatable bonds is 2. The smallest absolute Gasteiger partial charge is 0.257 e. The summed E-state index contributed by atoms with van der Waals surface area (Å²) < 4.78 is 10.9. The van der Waals surface area contributed by atoms with Gasteiger partial charge in [-0.05, 0) is 31.7 Å². The summed E-state index contributed by atoms with van der Waals surface area (Å²) in [6.45, 7) is 0. The topological polar surface area (TPSA) is 67.6 Å². The molecule has 1 saturated carbocycles. The summed E-state index contributed by atoms with van der Waals surface area (Å²) in [6.07, 6.45) is 8.43. The molecule has 4 rings (SSSR count). The van der Waals surface area contributed by atoms with E-state index in [1.54, 1.807) is 13.3 Å². The highest BCUT2D eigenvalue weighted by molar-refractivity contribution is 6.03. The lowest BCUT2D eigenvalue weighted by atomic mass is 9.84. The van der Waals surface area contributed by atoms with Crippen molar-refractivity contribution in [3.63, 3.8) is 0 Å². The van der Waals surface area contributed by atoms with Gasteiger partial charge in [-0.3, -0.25) is 4.79 Å². The summed E-state index contributed by atoms with van der Waals surface area (Å²) in [7, 11) is 3.51. The van der Waals surface area contributed by atoms with E-state index in [1.165, 1.54) is 12.8 Å². The van der Waals surface area contributed by atoms with Gasteiger partial charge in [0.05, 0.1) is 30.1 Å². The number of fused-ring (bicyclic) bond motifs is 1. The Kier molecular flexibility index (Phi) is 3.48. The van der Waals surface area contributed by atoms with E-state index in [1.807, 2.05) is 24.1 Å². The zero-order chi connectivity index (χ0) is 16.7. The molecule has 126 valence electrons. The second kappa shape index (κ2) is 5.54. The number of ether oxygens (including phenoxy) is 1. The zero-order valence-electron chi connectivity index (χ0n) is 14.0. The molecule has 0 unspecified atom stereocenters. The number of benzene rings is 1. The van der Waals surface area contributed by atoms with Gasteiger partial charge >= 0.3 is 0 Å². The van der Waals surface area contributed by atoms with E-state index in [2.05, 4.69) is 10.3 Å². The maximum Gasteiger partial charge on any atom is 0.257 e. The average Bonchev–Trinajstić information content (AvgIpc) is 3.14. The van der Waals surface area contributed by atoms with Crippen LogP contribution in [0.4, 0.5) is 5.69 Å². The van der Waals surface area contributed by atoms with E-state index >= 15 is 0 Å². The molecule has 0 radical (unpaired) electrons. The largest absolute Gasteiger partial charge is 0.496 e. The number of anilines is 1. The normalized spacial score (nSPS) is 19.1. The van der Waals surface area contributed by atoms with Crippen molar-refractivity contribution in [2.75, 3.05) is 19.5 Å². The molecule has 1 amide bonds. The first-order valence-electron chi connectivity index (χ1n) is 8.32. The summed E-state index contributed by atoms with van der Waals surface area (Å²) in [5.41, 5.74) is 1.93. The van der Waals surface area contributed by atoms with Crippen molar-refractivity contribution in [3.8, 4) is 17.1 Å². The fourth-order valence-corrected chi connectivity index (χ4v) is 3.88. The molecule has 6 heteroatoms. The second-order valence-electron chi connectivity index (χ2n) is 6.55. The van der Waals surface area contributed by atoms with Crippen molar-refractivity contribution in [1.82, 2.24) is 9.88 Å². The lowest BCUT2D eigenvalue weighted by Gasteiger charge is -2.49. The van der Waals surface area contributed by atoms with Crippen LogP contribution in [-0.4, -0.2) is 35.6 Å². The number of nitrogens with one attached hydrogen (secondary N) is 1. The fourth-order valence-electron chi connectivity index (χ4n) is 3.88. The van der Waals surface area contributed by atoms with Crippen molar-refractivity contribution >= 4 is 11.6 Å². The number of hydrogen-bond donors (Lipinski definition) is 1. The molecule has 2 heterocycles. The van der Waals surface area contributed by atoms with Crippen LogP contribution in [0, 0.1) is 0 Å². The molecule has 1 spiro atoms. The fraction of sp³-hybridized carbons (Fsp3) is 0.444. The molecule has 6 nitrogen and oxygen atoms in total. The molecule has 1 aromatic heterocycles. The van der Waals surface area contributed by atoms with E-state index in [9.17, 15) is 4.79 Å². The molecule has 1 aromatic carbocycles. The molecule has 0 bridgehead atoms. The molecule has 0 saturated heterocycles. The predicted molar refractivity (Wildman–Crippen MR) is 90.0 cm³/mol. The quantitative estimate of drug-likeness (QED) is 0.914. The highest BCUT2D eigenvalue weighted by atomic mass is 16.5. The molecular weight excluding hydrogens is 306 g/mol. The van der Waals surface area contributed by atoms with Gasteiger partial charge in [0, 0.05) is 13.1 Å². The average molecular weight is 327 g/mol. The number of amides is 1. The first kappa shape index (κ1) is 15.1. The molecule has 2 aromatic rings. The van der Waals surface area contributed by atoms with Crippen LogP contribution in [0.15, 0.2) is 29.1 Å². The third kappa shape index (κ3) is 2.17. The molecule has 1 fully saturated rings. The Morgan fingerprint density at radius 1 is 1.25 bits per heavy atom. The second-order valence-corrected chi connectivity index (χ2v) is 6.55. The summed E-state index contributed by atoms with van der Waals surface area (Å²) in [6, 6.07) is 3.73. The van der Waals surface area contributed by atoms with Crippen molar-refractivity contribution in [1.29, 1.82) is 0 Å². The third-order valence-corrected chi connectivity index (χ3v) is 5.26. The van der Waals surface area contributed by atoms with Crippen LogP contribution in [0.5, 0.6) is 5.75 Å². The van der Waals surface area contributed by atoms with Crippen LogP contribution >= 0.6 is 0 Å². The van der Waals surface area contributed by atoms with Crippen LogP contribution in [0.2, 0.25) is 0 Å². The van der Waals surface area contributed by atoms with Crippen molar-refractivity contribution in [2.45, 2.75) is 37.8 Å². The molecule has 1 N–H and O–H groups in total. The van der Waals surface area contributed by atoms with E-state index in [4.69, 9.17) is 9.15 Å². The van der Waals surface area contributed by atoms with Gasteiger partial charge in [-0.25, -0.2) is 4.98 Å². The first-order valence-corrected chi connectivity index (χ1v) is 8.32. The Labute approximate surface area is 140 Å². The molecule has 2 aliphatic rings. The third-order valence-electron chi connectivity index (χ3n) is 5.26. The monoisotopic (exact) mass is 327 g/mol. The number of nitrogens with zero attached hydrogens (tertiary/aromatic N) is 2. The van der Waals surface area contributed by atoms with Gasteiger partial charge in [0.1, 0.15) is 11.4 Å². The Hall–Kier alpha value is -2.50. The SMILES string of the molecule is COc1cc2c(cc1-c1cnco1)C(=O)N(C)C1(CCCCC1)N2. The number of carbonyl (C=O) groups is 1. The van der Waals surface area contributed by atoms with Gasteiger partial charge in [-0.1, -0.05) is 6.42 Å². The Bertz CT molecular complexity index is 764. The Morgan fingerprint density at radius 3 is 2.71 bits per heavy atom. The number of oxazole rings is 1. The molecule has 1 aliphatic heterocycles. The van der Waals surface area contributed by atoms with Crippen LogP contribution in [0.1, 0.15) is 42.5 Å².